The van der Waals surface area contributed by atoms with Gasteiger partial charge in [-0.25, -0.2) is 9.97 Å². The van der Waals surface area contributed by atoms with E-state index in [1.54, 1.807) is 43.6 Å². The Balaban J connectivity index is 1.89. The fourth-order valence-corrected chi connectivity index (χ4v) is 4.36. The molecular weight excluding hydrogens is 490 g/mol. The summed E-state index contributed by atoms with van der Waals surface area (Å²) in [5.74, 6) is 0.757. The van der Waals surface area contributed by atoms with E-state index in [2.05, 4.69) is 20.2 Å². The molecule has 4 rings (SSSR count). The van der Waals surface area contributed by atoms with Crippen molar-refractivity contribution in [3.8, 4) is 28.3 Å². The molecule has 0 spiro atoms. The zero-order valence-electron chi connectivity index (χ0n) is 21.6. The van der Waals surface area contributed by atoms with Crippen molar-refractivity contribution in [1.82, 2.24) is 24.8 Å². The van der Waals surface area contributed by atoms with Gasteiger partial charge in [-0.3, -0.25) is 14.2 Å². The van der Waals surface area contributed by atoms with Crippen LogP contribution in [0, 0.1) is 0 Å². The highest BCUT2D eigenvalue weighted by Crippen LogP contribution is 2.28. The van der Waals surface area contributed by atoms with E-state index in [0.717, 1.165) is 23.2 Å². The lowest BCUT2D eigenvalue weighted by Crippen LogP contribution is -2.37. The Labute approximate surface area is 220 Å². The van der Waals surface area contributed by atoms with E-state index in [0.29, 0.717) is 33.2 Å². The van der Waals surface area contributed by atoms with Crippen LogP contribution in [0.3, 0.4) is 0 Å². The molecule has 192 valence electrons. The second kappa shape index (κ2) is 11.1. The number of nitrogens with one attached hydrogen (secondary N) is 1. The second-order valence-corrected chi connectivity index (χ2v) is 9.90. The van der Waals surface area contributed by atoms with E-state index in [4.69, 9.17) is 16.3 Å². The zero-order valence-corrected chi connectivity index (χ0v) is 22.3. The molecule has 1 amide bonds. The summed E-state index contributed by atoms with van der Waals surface area (Å²) >= 11 is 6.21. The number of hydrogen-bond acceptors (Lipinski definition) is 6. The largest absolute Gasteiger partial charge is 0.497 e. The van der Waals surface area contributed by atoms with Crippen LogP contribution in [0.15, 0.2) is 59.5 Å². The number of hydrogen-bond donors (Lipinski definition) is 1. The third-order valence-corrected chi connectivity index (χ3v) is 5.91. The molecule has 0 saturated carbocycles. The molecule has 1 N–H and O–H groups in total. The normalized spacial score (nSPS) is 11.4. The lowest BCUT2D eigenvalue weighted by atomic mass is 10.0. The summed E-state index contributed by atoms with van der Waals surface area (Å²) < 4.78 is 6.88. The summed E-state index contributed by atoms with van der Waals surface area (Å²) in [4.78, 5) is 37.8. The maximum atomic E-state index is 13.8. The number of rotatable bonds is 8. The van der Waals surface area contributed by atoms with Crippen LogP contribution < -0.4 is 15.6 Å². The van der Waals surface area contributed by atoms with Crippen molar-refractivity contribution in [1.29, 1.82) is 0 Å². The predicted octanol–water partition coefficient (Wildman–Crippen LogP) is 4.37. The maximum absolute atomic E-state index is 13.8. The summed E-state index contributed by atoms with van der Waals surface area (Å²) in [5.41, 5.74) is 3.24. The van der Waals surface area contributed by atoms with Crippen LogP contribution in [-0.2, 0) is 17.9 Å². The van der Waals surface area contributed by atoms with Gasteiger partial charge in [-0.1, -0.05) is 23.7 Å². The van der Waals surface area contributed by atoms with Gasteiger partial charge in [0.1, 0.15) is 18.1 Å². The minimum absolute atomic E-state index is 0.0658. The molecule has 0 radical (unpaired) electrons. The maximum Gasteiger partial charge on any atom is 0.263 e. The number of carbonyl (C=O) groups excluding carboxylic acids is 1. The first-order valence-corrected chi connectivity index (χ1v) is 12.3. The van der Waals surface area contributed by atoms with Gasteiger partial charge in [-0.15, -0.1) is 0 Å². The molecule has 4 aromatic rings. The lowest BCUT2D eigenvalue weighted by molar-refractivity contribution is -0.122. The molecule has 0 fully saturated rings. The van der Waals surface area contributed by atoms with E-state index >= 15 is 0 Å². The third-order valence-electron chi connectivity index (χ3n) is 5.68. The smallest absolute Gasteiger partial charge is 0.263 e. The van der Waals surface area contributed by atoms with Crippen LogP contribution in [0.2, 0.25) is 5.02 Å². The molecule has 0 saturated heterocycles. The van der Waals surface area contributed by atoms with Gasteiger partial charge in [-0.05, 0) is 75.5 Å². The van der Waals surface area contributed by atoms with Crippen LogP contribution in [-0.4, -0.2) is 52.6 Å². The summed E-state index contributed by atoms with van der Waals surface area (Å²) in [6.45, 7) is 4.28. The van der Waals surface area contributed by atoms with Crippen molar-refractivity contribution >= 4 is 28.5 Å². The number of fused-ring (bicyclic) bond motifs is 1. The third kappa shape index (κ3) is 6.15. The van der Waals surface area contributed by atoms with Gasteiger partial charge >= 0.3 is 0 Å². The van der Waals surface area contributed by atoms with E-state index in [1.165, 1.54) is 4.57 Å². The summed E-state index contributed by atoms with van der Waals surface area (Å²) in [7, 11) is 5.62. The van der Waals surface area contributed by atoms with Crippen LogP contribution in [0.4, 0.5) is 0 Å². The van der Waals surface area contributed by atoms with Gasteiger partial charge in [0, 0.05) is 34.9 Å². The molecule has 0 aliphatic rings. The Morgan fingerprint density at radius 2 is 1.89 bits per heavy atom. The first kappa shape index (κ1) is 26.3. The lowest BCUT2D eigenvalue weighted by Gasteiger charge is -2.16. The van der Waals surface area contributed by atoms with Crippen LogP contribution in [0.1, 0.15) is 19.4 Å². The Morgan fingerprint density at radius 3 is 2.57 bits per heavy atom. The number of ether oxygens (including phenoxy) is 1. The van der Waals surface area contributed by atoms with Gasteiger partial charge in [-0.2, -0.15) is 0 Å². The van der Waals surface area contributed by atoms with Crippen molar-refractivity contribution in [2.75, 3.05) is 21.2 Å². The Bertz CT molecular complexity index is 1510. The minimum Gasteiger partial charge on any atom is -0.497 e. The second-order valence-electron chi connectivity index (χ2n) is 9.46. The summed E-state index contributed by atoms with van der Waals surface area (Å²) in [6.07, 6.45) is 1.69. The quantitative estimate of drug-likeness (QED) is 0.372. The first-order valence-electron chi connectivity index (χ1n) is 11.9. The molecule has 9 heteroatoms. The number of pyridine rings is 1. The van der Waals surface area contributed by atoms with Crippen LogP contribution in [0.25, 0.3) is 33.5 Å². The molecule has 8 nitrogen and oxygen atoms in total. The SMILES string of the molecule is COc1cc(CN(C)C)cc(-c2cnc3nc(-c4cccc(Cl)c4)n(CC(=O)NC(C)C)c(=O)c3c2)c1. The van der Waals surface area contributed by atoms with Gasteiger partial charge in [0.25, 0.3) is 5.56 Å². The van der Waals surface area contributed by atoms with Gasteiger partial charge in [0.15, 0.2) is 5.65 Å². The van der Waals surface area contributed by atoms with Crippen molar-refractivity contribution in [2.24, 2.45) is 0 Å². The minimum atomic E-state index is -0.357. The Kier molecular flexibility index (Phi) is 7.90. The molecular formula is C28H30ClN5O3. The first-order chi connectivity index (χ1) is 17.6. The molecule has 0 aliphatic carbocycles. The predicted molar refractivity (Wildman–Crippen MR) is 147 cm³/mol. The molecule has 2 heterocycles. The number of methoxy groups -OCH3 is 1. The Morgan fingerprint density at radius 1 is 1.11 bits per heavy atom. The molecule has 0 aliphatic heterocycles. The summed E-state index contributed by atoms with van der Waals surface area (Å²) in [6, 6.07) is 14.7. The monoisotopic (exact) mass is 519 g/mol. The standard InChI is InChI=1S/C28H30ClN5O3/c1-17(2)31-25(35)16-34-27(19-7-6-8-22(29)11-19)32-26-24(28(34)36)13-21(14-30-26)20-9-18(15-33(3)4)10-23(12-20)37-5/h6-14,17H,15-16H2,1-5H3,(H,31,35). The number of amides is 1. The fraction of sp³-hybridized carbons (Fsp3) is 0.286. The fourth-order valence-electron chi connectivity index (χ4n) is 4.17. The topological polar surface area (TPSA) is 89.3 Å². The van der Waals surface area contributed by atoms with Crippen molar-refractivity contribution in [2.45, 2.75) is 33.0 Å². The average Bonchev–Trinajstić information content (AvgIpc) is 2.84. The van der Waals surface area contributed by atoms with Crippen molar-refractivity contribution in [3.63, 3.8) is 0 Å². The van der Waals surface area contributed by atoms with E-state index < -0.39 is 0 Å². The molecule has 2 aromatic carbocycles. The zero-order chi connectivity index (χ0) is 26.7. The Hall–Kier alpha value is -3.75. The summed E-state index contributed by atoms with van der Waals surface area (Å²) in [5, 5.41) is 3.66. The van der Waals surface area contributed by atoms with E-state index in [-0.39, 0.29) is 24.1 Å². The van der Waals surface area contributed by atoms with Crippen LogP contribution in [0.5, 0.6) is 5.75 Å². The number of halogens is 1. The van der Waals surface area contributed by atoms with Gasteiger partial charge in [0.05, 0.1) is 12.5 Å². The molecule has 0 unspecified atom stereocenters. The highest BCUT2D eigenvalue weighted by atomic mass is 35.5. The molecule has 0 atom stereocenters. The molecule has 2 aromatic heterocycles. The van der Waals surface area contributed by atoms with Crippen molar-refractivity contribution in [3.05, 3.63) is 75.7 Å². The highest BCUT2D eigenvalue weighted by Gasteiger charge is 2.18. The molecule has 37 heavy (non-hydrogen) atoms. The average molecular weight is 520 g/mol. The van der Waals surface area contributed by atoms with Crippen molar-refractivity contribution < 1.29 is 9.53 Å². The van der Waals surface area contributed by atoms with Gasteiger partial charge in [0.2, 0.25) is 5.91 Å². The number of aromatic nitrogens is 3. The highest BCUT2D eigenvalue weighted by molar-refractivity contribution is 6.30. The van der Waals surface area contributed by atoms with E-state index in [9.17, 15) is 9.59 Å². The van der Waals surface area contributed by atoms with Gasteiger partial charge < -0.3 is 15.0 Å². The molecule has 0 bridgehead atoms. The number of benzene rings is 2. The number of carbonyl (C=O) groups is 1. The van der Waals surface area contributed by atoms with Crippen LogP contribution >= 0.6 is 11.6 Å². The number of nitrogens with zero attached hydrogens (tertiary/aromatic N) is 4. The van der Waals surface area contributed by atoms with E-state index in [1.807, 2.05) is 46.1 Å².